The predicted molar refractivity (Wildman–Crippen MR) is 135 cm³/mol. The summed E-state index contributed by atoms with van der Waals surface area (Å²) in [5.41, 5.74) is 3.84. The molecule has 0 radical (unpaired) electrons. The fraction of sp³-hybridized carbons (Fsp3) is 0.192. The molecule has 0 saturated carbocycles. The maximum absolute atomic E-state index is 12.5. The SMILES string of the molecule is CN(C)CCC(OC(=O)Nc1ccc(-c2ccccc2)cc1)c1ccc(Cl)cc1.O=C(O)C(=O)O. The van der Waals surface area contributed by atoms with Gasteiger partial charge in [0.2, 0.25) is 0 Å². The van der Waals surface area contributed by atoms with Crippen molar-refractivity contribution in [3.63, 3.8) is 0 Å². The van der Waals surface area contributed by atoms with Gasteiger partial charge in [0, 0.05) is 23.7 Å². The molecule has 3 rings (SSSR count). The lowest BCUT2D eigenvalue weighted by molar-refractivity contribution is -0.159. The molecule has 1 atom stereocenters. The topological polar surface area (TPSA) is 116 Å². The average Bonchev–Trinajstić information content (AvgIpc) is 2.83. The van der Waals surface area contributed by atoms with Gasteiger partial charge in [-0.3, -0.25) is 5.32 Å². The number of anilines is 1. The molecule has 1 amide bonds. The number of amides is 1. The first-order chi connectivity index (χ1) is 16.7. The van der Waals surface area contributed by atoms with Gasteiger partial charge in [0.05, 0.1) is 0 Å². The van der Waals surface area contributed by atoms with Gasteiger partial charge in [0.1, 0.15) is 6.10 Å². The first kappa shape index (κ1) is 27.4. The van der Waals surface area contributed by atoms with Crippen molar-refractivity contribution in [2.45, 2.75) is 12.5 Å². The number of halogens is 1. The van der Waals surface area contributed by atoms with Crippen molar-refractivity contribution in [2.24, 2.45) is 0 Å². The molecule has 0 spiro atoms. The largest absolute Gasteiger partial charge is 0.473 e. The second-order valence-corrected chi connectivity index (χ2v) is 8.15. The minimum atomic E-state index is -1.82. The standard InChI is InChI=1S/C24H25ClN2O2.C2H2O4/c1-27(2)17-16-23(20-8-12-21(25)13-9-20)29-24(28)26-22-14-10-19(11-15-22)18-6-4-3-5-7-18;3-1(4)2(5)6/h3-15,23H,16-17H2,1-2H3,(H,26,28);(H,3,4)(H,5,6). The second kappa shape index (κ2) is 13.7. The third-order valence-corrected chi connectivity index (χ3v) is 5.00. The van der Waals surface area contributed by atoms with Crippen LogP contribution in [0.3, 0.4) is 0 Å². The van der Waals surface area contributed by atoms with E-state index < -0.39 is 18.0 Å². The van der Waals surface area contributed by atoms with Crippen molar-refractivity contribution in [2.75, 3.05) is 26.0 Å². The molecule has 0 saturated heterocycles. The lowest BCUT2D eigenvalue weighted by atomic mass is 10.1. The van der Waals surface area contributed by atoms with Crippen LogP contribution < -0.4 is 5.32 Å². The van der Waals surface area contributed by atoms with Crippen LogP contribution >= 0.6 is 11.6 Å². The first-order valence-electron chi connectivity index (χ1n) is 10.6. The molecule has 3 N–H and O–H groups in total. The molecule has 3 aromatic rings. The van der Waals surface area contributed by atoms with Gasteiger partial charge in [-0.15, -0.1) is 0 Å². The highest BCUT2D eigenvalue weighted by atomic mass is 35.5. The van der Waals surface area contributed by atoms with Crippen LogP contribution in [0.1, 0.15) is 18.1 Å². The Balaban J connectivity index is 0.000000641. The summed E-state index contributed by atoms with van der Waals surface area (Å²) in [7, 11) is 3.99. The molecule has 35 heavy (non-hydrogen) atoms. The number of carboxylic acid groups (broad SMARTS) is 2. The van der Waals surface area contributed by atoms with Gasteiger partial charge in [0.25, 0.3) is 0 Å². The van der Waals surface area contributed by atoms with Crippen LogP contribution in [0.2, 0.25) is 5.02 Å². The number of carboxylic acids is 2. The molecule has 0 aromatic heterocycles. The summed E-state index contributed by atoms with van der Waals surface area (Å²) in [6.45, 7) is 0.798. The third kappa shape index (κ3) is 9.87. The number of benzene rings is 3. The predicted octanol–water partition coefficient (Wildman–Crippen LogP) is 5.40. The number of hydrogen-bond donors (Lipinski definition) is 3. The molecule has 0 aliphatic rings. The van der Waals surface area contributed by atoms with Crippen molar-refractivity contribution in [1.29, 1.82) is 0 Å². The quantitative estimate of drug-likeness (QED) is 0.373. The van der Waals surface area contributed by atoms with Gasteiger partial charge in [-0.2, -0.15) is 0 Å². The summed E-state index contributed by atoms with van der Waals surface area (Å²) in [5.74, 6) is -3.65. The van der Waals surface area contributed by atoms with Gasteiger partial charge in [-0.1, -0.05) is 66.2 Å². The van der Waals surface area contributed by atoms with E-state index in [9.17, 15) is 4.79 Å². The molecule has 0 aliphatic heterocycles. The van der Waals surface area contributed by atoms with E-state index >= 15 is 0 Å². The number of nitrogens with one attached hydrogen (secondary N) is 1. The number of ether oxygens (including phenoxy) is 1. The molecule has 0 bridgehead atoms. The molecule has 9 heteroatoms. The number of aliphatic carboxylic acids is 2. The number of carbonyl (C=O) groups excluding carboxylic acids is 1. The van der Waals surface area contributed by atoms with E-state index in [1.165, 1.54) is 0 Å². The second-order valence-electron chi connectivity index (χ2n) is 7.72. The van der Waals surface area contributed by atoms with E-state index in [0.29, 0.717) is 17.1 Å². The van der Waals surface area contributed by atoms with E-state index in [1.807, 2.05) is 80.8 Å². The van der Waals surface area contributed by atoms with Gasteiger partial charge in [-0.05, 0) is 55.1 Å². The molecule has 8 nitrogen and oxygen atoms in total. The smallest absolute Gasteiger partial charge is 0.414 e. The fourth-order valence-corrected chi connectivity index (χ4v) is 3.13. The van der Waals surface area contributed by atoms with Crippen LogP contribution in [0.4, 0.5) is 10.5 Å². The Morgan fingerprint density at radius 1 is 0.857 bits per heavy atom. The van der Waals surface area contributed by atoms with Gasteiger partial charge in [0.15, 0.2) is 0 Å². The molecule has 1 unspecified atom stereocenters. The van der Waals surface area contributed by atoms with Gasteiger partial charge in [-0.25, -0.2) is 14.4 Å². The number of nitrogens with zero attached hydrogens (tertiary/aromatic N) is 1. The van der Waals surface area contributed by atoms with Crippen LogP contribution in [0.15, 0.2) is 78.9 Å². The van der Waals surface area contributed by atoms with Crippen LogP contribution in [0.25, 0.3) is 11.1 Å². The van der Waals surface area contributed by atoms with E-state index in [4.69, 9.17) is 36.1 Å². The normalized spacial score (nSPS) is 11.1. The third-order valence-electron chi connectivity index (χ3n) is 4.75. The first-order valence-corrected chi connectivity index (χ1v) is 11.0. The Morgan fingerprint density at radius 2 is 1.40 bits per heavy atom. The Kier molecular flexibility index (Phi) is 10.7. The maximum atomic E-state index is 12.5. The van der Waals surface area contributed by atoms with Crippen LogP contribution in [0, 0.1) is 0 Å². The van der Waals surface area contributed by atoms with Crippen LogP contribution in [-0.4, -0.2) is 53.8 Å². The van der Waals surface area contributed by atoms with E-state index in [1.54, 1.807) is 0 Å². The van der Waals surface area contributed by atoms with Crippen molar-refractivity contribution in [1.82, 2.24) is 4.90 Å². The summed E-state index contributed by atoms with van der Waals surface area (Å²) in [6, 6.07) is 25.2. The molecule has 0 heterocycles. The summed E-state index contributed by atoms with van der Waals surface area (Å²) in [4.78, 5) is 32.8. The highest BCUT2D eigenvalue weighted by molar-refractivity contribution is 6.30. The molecule has 0 fully saturated rings. The number of rotatable bonds is 7. The highest BCUT2D eigenvalue weighted by Crippen LogP contribution is 2.25. The minimum absolute atomic E-state index is 0.349. The van der Waals surface area contributed by atoms with E-state index in [0.717, 1.165) is 23.2 Å². The van der Waals surface area contributed by atoms with Crippen molar-refractivity contribution in [3.8, 4) is 11.1 Å². The Bertz CT molecular complexity index is 1090. The Hall–Kier alpha value is -3.88. The number of carbonyl (C=O) groups is 3. The zero-order chi connectivity index (χ0) is 25.8. The average molecular weight is 499 g/mol. The lowest BCUT2D eigenvalue weighted by Crippen LogP contribution is -2.21. The van der Waals surface area contributed by atoms with Gasteiger partial charge < -0.3 is 19.8 Å². The summed E-state index contributed by atoms with van der Waals surface area (Å²) >= 11 is 5.99. The molecule has 0 aliphatic carbocycles. The highest BCUT2D eigenvalue weighted by Gasteiger charge is 2.17. The summed E-state index contributed by atoms with van der Waals surface area (Å²) < 4.78 is 5.73. The Labute approximate surface area is 208 Å². The van der Waals surface area contributed by atoms with E-state index in [2.05, 4.69) is 22.3 Å². The van der Waals surface area contributed by atoms with E-state index in [-0.39, 0.29) is 6.10 Å². The minimum Gasteiger partial charge on any atom is -0.473 e. The summed E-state index contributed by atoms with van der Waals surface area (Å²) in [6.07, 6.45) is -0.135. The summed E-state index contributed by atoms with van der Waals surface area (Å²) in [5, 5.41) is 18.3. The van der Waals surface area contributed by atoms with Crippen LogP contribution in [0.5, 0.6) is 0 Å². The van der Waals surface area contributed by atoms with Crippen molar-refractivity contribution >= 4 is 35.3 Å². The Morgan fingerprint density at radius 3 is 1.91 bits per heavy atom. The molecule has 3 aromatic carbocycles. The molecule has 184 valence electrons. The molecular formula is C26H27ClN2O6. The van der Waals surface area contributed by atoms with Gasteiger partial charge >= 0.3 is 18.0 Å². The maximum Gasteiger partial charge on any atom is 0.414 e. The zero-order valence-electron chi connectivity index (χ0n) is 19.3. The monoisotopic (exact) mass is 498 g/mol. The fourth-order valence-electron chi connectivity index (χ4n) is 3.00. The lowest BCUT2D eigenvalue weighted by Gasteiger charge is -2.21. The van der Waals surface area contributed by atoms with Crippen LogP contribution in [-0.2, 0) is 14.3 Å². The molecular weight excluding hydrogens is 472 g/mol. The zero-order valence-corrected chi connectivity index (χ0v) is 20.1. The number of hydrogen-bond acceptors (Lipinski definition) is 5. The van der Waals surface area contributed by atoms with Crippen molar-refractivity contribution in [3.05, 3.63) is 89.4 Å². The van der Waals surface area contributed by atoms with Crippen molar-refractivity contribution < 1.29 is 29.3 Å².